The van der Waals surface area contributed by atoms with Crippen molar-refractivity contribution in [2.75, 3.05) is 26.8 Å². The fourth-order valence-corrected chi connectivity index (χ4v) is 2.64. The van der Waals surface area contributed by atoms with Gasteiger partial charge in [0.05, 0.1) is 6.10 Å². The minimum atomic E-state index is -0.277. The number of aliphatic hydroxyl groups is 1. The van der Waals surface area contributed by atoms with Gasteiger partial charge in [0.15, 0.2) is 0 Å². The van der Waals surface area contributed by atoms with Crippen molar-refractivity contribution in [1.82, 2.24) is 4.90 Å². The average molecular weight is 229 g/mol. The third kappa shape index (κ3) is 3.19. The van der Waals surface area contributed by atoms with E-state index in [4.69, 9.17) is 4.74 Å². The van der Waals surface area contributed by atoms with Crippen molar-refractivity contribution >= 4 is 0 Å². The lowest BCUT2D eigenvalue weighted by Gasteiger charge is -2.42. The maximum atomic E-state index is 10.4. The Morgan fingerprint density at radius 3 is 2.38 bits per heavy atom. The van der Waals surface area contributed by atoms with Crippen LogP contribution < -0.4 is 0 Å². The fraction of sp³-hybridized carbons (Fsp3) is 1.00. The lowest BCUT2D eigenvalue weighted by molar-refractivity contribution is -0.0345. The topological polar surface area (TPSA) is 32.7 Å². The second-order valence-electron chi connectivity index (χ2n) is 5.55. The molecule has 0 radical (unpaired) electrons. The summed E-state index contributed by atoms with van der Waals surface area (Å²) in [6.45, 7) is 9.41. The molecule has 0 aliphatic carbocycles. The monoisotopic (exact) mass is 229 g/mol. The normalized spacial score (nSPS) is 22.3. The highest BCUT2D eigenvalue weighted by molar-refractivity contribution is 4.93. The van der Waals surface area contributed by atoms with Gasteiger partial charge in [0.2, 0.25) is 0 Å². The maximum absolute atomic E-state index is 10.4. The molecule has 2 atom stereocenters. The summed E-state index contributed by atoms with van der Waals surface area (Å²) in [5.74, 6) is 0.288. The van der Waals surface area contributed by atoms with Crippen LogP contribution in [0.5, 0.6) is 0 Å². The van der Waals surface area contributed by atoms with Gasteiger partial charge in [-0.2, -0.15) is 0 Å². The second kappa shape index (κ2) is 5.99. The van der Waals surface area contributed by atoms with Gasteiger partial charge in [0.25, 0.3) is 0 Å². The average Bonchev–Trinajstić information content (AvgIpc) is 2.78. The molecule has 0 spiro atoms. The number of likely N-dealkylation sites (tertiary alicyclic amines) is 1. The number of aliphatic hydroxyl groups excluding tert-OH is 1. The van der Waals surface area contributed by atoms with E-state index >= 15 is 0 Å². The van der Waals surface area contributed by atoms with Crippen LogP contribution in [0.4, 0.5) is 0 Å². The molecular formula is C13H27NO2. The van der Waals surface area contributed by atoms with E-state index < -0.39 is 0 Å². The molecule has 1 N–H and O–H groups in total. The van der Waals surface area contributed by atoms with Gasteiger partial charge in [0.1, 0.15) is 0 Å². The Hall–Kier alpha value is -0.120. The van der Waals surface area contributed by atoms with Gasteiger partial charge in [-0.25, -0.2) is 0 Å². The van der Waals surface area contributed by atoms with Crippen LogP contribution in [-0.2, 0) is 4.74 Å². The third-order valence-electron chi connectivity index (χ3n) is 3.96. The van der Waals surface area contributed by atoms with Crippen LogP contribution in [-0.4, -0.2) is 48.5 Å². The lowest BCUT2D eigenvalue weighted by atomic mass is 9.85. The van der Waals surface area contributed by atoms with Gasteiger partial charge in [-0.05, 0) is 52.1 Å². The summed E-state index contributed by atoms with van der Waals surface area (Å²) in [6, 6.07) is 0. The summed E-state index contributed by atoms with van der Waals surface area (Å²) in [4.78, 5) is 2.42. The van der Waals surface area contributed by atoms with Gasteiger partial charge >= 0.3 is 0 Å². The van der Waals surface area contributed by atoms with Gasteiger partial charge in [-0.3, -0.25) is 4.90 Å². The standard InChI is InChI=1S/C13H27NO2/c1-11(7-10-16-4)12(15)13(2,3)14-8-5-6-9-14/h11-12,15H,5-10H2,1-4H3. The van der Waals surface area contributed by atoms with Gasteiger partial charge in [-0.1, -0.05) is 6.92 Å². The maximum Gasteiger partial charge on any atom is 0.0744 e. The zero-order chi connectivity index (χ0) is 12.2. The molecular weight excluding hydrogens is 202 g/mol. The summed E-state index contributed by atoms with van der Waals surface area (Å²) in [5, 5.41) is 10.4. The van der Waals surface area contributed by atoms with E-state index in [0.717, 1.165) is 26.1 Å². The van der Waals surface area contributed by atoms with Crippen molar-refractivity contribution in [2.24, 2.45) is 5.92 Å². The van der Waals surface area contributed by atoms with Crippen molar-refractivity contribution in [3.8, 4) is 0 Å². The van der Waals surface area contributed by atoms with Crippen LogP contribution in [0.3, 0.4) is 0 Å². The molecule has 3 heteroatoms. The molecule has 0 saturated carbocycles. The molecule has 0 aromatic heterocycles. The van der Waals surface area contributed by atoms with Crippen LogP contribution in [0.1, 0.15) is 40.0 Å². The molecule has 1 aliphatic rings. The van der Waals surface area contributed by atoms with E-state index in [1.807, 2.05) is 0 Å². The highest BCUT2D eigenvalue weighted by Crippen LogP contribution is 2.29. The first-order valence-corrected chi connectivity index (χ1v) is 6.42. The van der Waals surface area contributed by atoms with E-state index in [9.17, 15) is 5.11 Å². The molecule has 96 valence electrons. The minimum absolute atomic E-state index is 0.107. The van der Waals surface area contributed by atoms with E-state index in [1.54, 1.807) is 7.11 Å². The Morgan fingerprint density at radius 2 is 1.88 bits per heavy atom. The van der Waals surface area contributed by atoms with E-state index in [0.29, 0.717) is 0 Å². The summed E-state index contributed by atoms with van der Waals surface area (Å²) in [6.07, 6.45) is 3.18. The molecule has 0 bridgehead atoms. The zero-order valence-corrected chi connectivity index (χ0v) is 11.2. The van der Waals surface area contributed by atoms with Gasteiger partial charge < -0.3 is 9.84 Å². The summed E-state index contributed by atoms with van der Waals surface area (Å²) >= 11 is 0. The Balaban J connectivity index is 2.51. The number of ether oxygens (including phenoxy) is 1. The van der Waals surface area contributed by atoms with Crippen molar-refractivity contribution in [2.45, 2.75) is 51.7 Å². The largest absolute Gasteiger partial charge is 0.391 e. The number of methoxy groups -OCH3 is 1. The van der Waals surface area contributed by atoms with Gasteiger partial charge in [-0.15, -0.1) is 0 Å². The molecule has 1 fully saturated rings. The molecule has 16 heavy (non-hydrogen) atoms. The first-order valence-electron chi connectivity index (χ1n) is 6.42. The molecule has 1 aliphatic heterocycles. The fourth-order valence-electron chi connectivity index (χ4n) is 2.64. The zero-order valence-electron chi connectivity index (χ0n) is 11.2. The molecule has 3 nitrogen and oxygen atoms in total. The summed E-state index contributed by atoms with van der Waals surface area (Å²) in [5.41, 5.74) is -0.107. The SMILES string of the molecule is COCCC(C)C(O)C(C)(C)N1CCCC1. The predicted octanol–water partition coefficient (Wildman–Crippen LogP) is 1.89. The molecule has 1 saturated heterocycles. The van der Waals surface area contributed by atoms with Crippen molar-refractivity contribution < 1.29 is 9.84 Å². The first kappa shape index (κ1) is 13.9. The number of hydrogen-bond donors (Lipinski definition) is 1. The van der Waals surface area contributed by atoms with Crippen LogP contribution in [0, 0.1) is 5.92 Å². The highest BCUT2D eigenvalue weighted by Gasteiger charge is 2.38. The summed E-state index contributed by atoms with van der Waals surface area (Å²) < 4.78 is 5.08. The van der Waals surface area contributed by atoms with E-state index in [1.165, 1.54) is 12.8 Å². The van der Waals surface area contributed by atoms with Crippen molar-refractivity contribution in [3.05, 3.63) is 0 Å². The minimum Gasteiger partial charge on any atom is -0.391 e. The Kier molecular flexibility index (Phi) is 5.22. The quantitative estimate of drug-likeness (QED) is 0.755. The number of hydrogen-bond acceptors (Lipinski definition) is 3. The first-order chi connectivity index (χ1) is 7.50. The Labute approximate surface area is 99.8 Å². The lowest BCUT2D eigenvalue weighted by Crippen LogP contribution is -2.53. The second-order valence-corrected chi connectivity index (χ2v) is 5.55. The highest BCUT2D eigenvalue weighted by atomic mass is 16.5. The molecule has 1 rings (SSSR count). The van der Waals surface area contributed by atoms with Crippen molar-refractivity contribution in [1.29, 1.82) is 0 Å². The van der Waals surface area contributed by atoms with Crippen molar-refractivity contribution in [3.63, 3.8) is 0 Å². The number of rotatable bonds is 6. The smallest absolute Gasteiger partial charge is 0.0744 e. The Morgan fingerprint density at radius 1 is 1.31 bits per heavy atom. The van der Waals surface area contributed by atoms with E-state index in [2.05, 4.69) is 25.7 Å². The molecule has 0 amide bonds. The molecule has 1 heterocycles. The Bertz CT molecular complexity index is 200. The van der Waals surface area contributed by atoms with Crippen LogP contribution >= 0.6 is 0 Å². The van der Waals surface area contributed by atoms with Crippen LogP contribution in [0.2, 0.25) is 0 Å². The molecule has 0 aromatic carbocycles. The van der Waals surface area contributed by atoms with Crippen LogP contribution in [0.15, 0.2) is 0 Å². The molecule has 2 unspecified atom stereocenters. The third-order valence-corrected chi connectivity index (χ3v) is 3.96. The number of nitrogens with zero attached hydrogens (tertiary/aromatic N) is 1. The summed E-state index contributed by atoms with van der Waals surface area (Å²) in [7, 11) is 1.71. The van der Waals surface area contributed by atoms with Crippen LogP contribution in [0.25, 0.3) is 0 Å². The van der Waals surface area contributed by atoms with E-state index in [-0.39, 0.29) is 17.6 Å². The predicted molar refractivity (Wildman–Crippen MR) is 66.5 cm³/mol. The van der Waals surface area contributed by atoms with Gasteiger partial charge in [0, 0.05) is 19.3 Å². The molecule has 0 aromatic rings.